The van der Waals surface area contributed by atoms with E-state index >= 15 is 0 Å². The topological polar surface area (TPSA) is 20.3 Å². The molecule has 0 bridgehead atoms. The molecule has 0 radical (unpaired) electrons. The van der Waals surface area contributed by atoms with Gasteiger partial charge in [0.15, 0.2) is 0 Å². The van der Waals surface area contributed by atoms with Gasteiger partial charge >= 0.3 is 0 Å². The minimum absolute atomic E-state index is 0.254. The molecule has 1 heterocycles. The van der Waals surface area contributed by atoms with Crippen LogP contribution in [0.3, 0.4) is 0 Å². The highest BCUT2D eigenvalue weighted by atomic mass is 16.1. The number of carbonyl (C=O) groups excluding carboxylic acids is 1. The van der Waals surface area contributed by atoms with Crippen molar-refractivity contribution in [1.29, 1.82) is 0 Å². The lowest BCUT2D eigenvalue weighted by atomic mass is 9.75. The van der Waals surface area contributed by atoms with Gasteiger partial charge in [-0.05, 0) is 24.0 Å². The molecule has 2 aromatic carbocycles. The molecule has 2 atom stereocenters. The van der Waals surface area contributed by atoms with Crippen molar-refractivity contribution < 1.29 is 4.79 Å². The largest absolute Gasteiger partial charge is 0.299 e. The Bertz CT molecular complexity index is 667. The second-order valence-electron chi connectivity index (χ2n) is 6.52. The van der Waals surface area contributed by atoms with Crippen LogP contribution in [0, 0.1) is 0 Å². The summed E-state index contributed by atoms with van der Waals surface area (Å²) in [6.45, 7) is 1.97. The van der Waals surface area contributed by atoms with Crippen LogP contribution < -0.4 is 0 Å². The van der Waals surface area contributed by atoms with E-state index in [1.165, 1.54) is 11.1 Å². The molecular formula is C20H21NO. The van der Waals surface area contributed by atoms with E-state index in [9.17, 15) is 4.79 Å². The van der Waals surface area contributed by atoms with Gasteiger partial charge in [0, 0.05) is 25.6 Å². The first-order chi connectivity index (χ1) is 10.8. The maximum Gasteiger partial charge on any atom is 0.145 e. The second-order valence-corrected chi connectivity index (χ2v) is 6.52. The van der Waals surface area contributed by atoms with Crippen molar-refractivity contribution >= 4 is 5.78 Å². The van der Waals surface area contributed by atoms with Gasteiger partial charge in [0.25, 0.3) is 0 Å². The summed E-state index contributed by atoms with van der Waals surface area (Å²) in [5.74, 6) is 0.444. The minimum Gasteiger partial charge on any atom is -0.299 e. The molecule has 2 fully saturated rings. The number of nitrogens with zero attached hydrogens (tertiary/aromatic N) is 1. The highest BCUT2D eigenvalue weighted by molar-refractivity contribution is 5.94. The molecule has 0 aromatic heterocycles. The monoisotopic (exact) mass is 291 g/mol. The van der Waals surface area contributed by atoms with E-state index in [0.29, 0.717) is 11.8 Å². The van der Waals surface area contributed by atoms with Gasteiger partial charge in [0.05, 0.1) is 5.41 Å². The molecule has 0 spiro atoms. The maximum absolute atomic E-state index is 12.7. The fourth-order valence-corrected chi connectivity index (χ4v) is 4.44. The van der Waals surface area contributed by atoms with Gasteiger partial charge in [0.2, 0.25) is 0 Å². The Labute approximate surface area is 131 Å². The van der Waals surface area contributed by atoms with E-state index in [1.807, 2.05) is 6.07 Å². The van der Waals surface area contributed by atoms with Crippen molar-refractivity contribution in [2.24, 2.45) is 0 Å². The molecule has 0 N–H and O–H groups in total. The van der Waals surface area contributed by atoms with Crippen LogP contribution in [0.2, 0.25) is 0 Å². The van der Waals surface area contributed by atoms with Crippen LogP contribution in [0.25, 0.3) is 0 Å². The first-order valence-corrected chi connectivity index (χ1v) is 8.17. The molecule has 1 saturated heterocycles. The SMILES string of the molecule is O=C1CC[C@H]2N(Cc3ccccc3)CC[C@@]12c1ccccc1. The summed E-state index contributed by atoms with van der Waals surface area (Å²) in [5.41, 5.74) is 2.31. The number of hydrogen-bond donors (Lipinski definition) is 0. The molecule has 2 nitrogen and oxygen atoms in total. The number of rotatable bonds is 3. The normalized spacial score (nSPS) is 28.0. The summed E-state index contributed by atoms with van der Waals surface area (Å²) >= 11 is 0. The van der Waals surface area contributed by atoms with Gasteiger partial charge in [-0.25, -0.2) is 0 Å². The van der Waals surface area contributed by atoms with E-state index in [-0.39, 0.29) is 5.41 Å². The van der Waals surface area contributed by atoms with Crippen molar-refractivity contribution in [2.45, 2.75) is 37.3 Å². The van der Waals surface area contributed by atoms with E-state index in [2.05, 4.69) is 59.5 Å². The lowest BCUT2D eigenvalue weighted by Gasteiger charge is -2.31. The Morgan fingerprint density at radius 2 is 1.68 bits per heavy atom. The standard InChI is InChI=1S/C20H21NO/c22-19-12-11-18-20(19,17-9-5-2-6-10-17)13-14-21(18)15-16-7-3-1-4-8-16/h1-10,18H,11-15H2/t18-,20+/m1/s1. The molecule has 22 heavy (non-hydrogen) atoms. The van der Waals surface area contributed by atoms with E-state index in [0.717, 1.165) is 32.4 Å². The Balaban J connectivity index is 1.66. The highest BCUT2D eigenvalue weighted by Crippen LogP contribution is 2.48. The highest BCUT2D eigenvalue weighted by Gasteiger charge is 2.56. The van der Waals surface area contributed by atoms with Crippen molar-refractivity contribution in [3.63, 3.8) is 0 Å². The summed E-state index contributed by atoms with van der Waals surface area (Å²) in [5, 5.41) is 0. The maximum atomic E-state index is 12.7. The molecule has 1 aliphatic heterocycles. The van der Waals surface area contributed by atoms with Crippen molar-refractivity contribution in [1.82, 2.24) is 4.90 Å². The van der Waals surface area contributed by atoms with Crippen LogP contribution in [0.4, 0.5) is 0 Å². The number of Topliss-reactive ketones (excluding diaryl/α,β-unsaturated/α-hetero) is 1. The number of ketones is 1. The van der Waals surface area contributed by atoms with E-state index < -0.39 is 0 Å². The summed E-state index contributed by atoms with van der Waals surface area (Å²) in [6, 6.07) is 21.4. The molecule has 0 amide bonds. The van der Waals surface area contributed by atoms with Crippen LogP contribution in [0.5, 0.6) is 0 Å². The number of likely N-dealkylation sites (tertiary alicyclic amines) is 1. The fourth-order valence-electron chi connectivity index (χ4n) is 4.44. The summed E-state index contributed by atoms with van der Waals surface area (Å²) in [4.78, 5) is 15.3. The summed E-state index contributed by atoms with van der Waals surface area (Å²) in [7, 11) is 0. The third kappa shape index (κ3) is 2.02. The third-order valence-electron chi connectivity index (χ3n) is 5.46. The molecule has 2 heteroatoms. The van der Waals surface area contributed by atoms with Gasteiger partial charge in [-0.1, -0.05) is 60.7 Å². The van der Waals surface area contributed by atoms with Crippen LogP contribution >= 0.6 is 0 Å². The Hall–Kier alpha value is -1.93. The van der Waals surface area contributed by atoms with Gasteiger partial charge < -0.3 is 0 Å². The second kappa shape index (κ2) is 5.36. The molecule has 0 unspecified atom stereocenters. The van der Waals surface area contributed by atoms with Crippen LogP contribution in [-0.2, 0) is 16.8 Å². The first kappa shape index (κ1) is 13.7. The Morgan fingerprint density at radius 1 is 1.00 bits per heavy atom. The molecule has 4 rings (SSSR count). The zero-order valence-corrected chi connectivity index (χ0v) is 12.7. The van der Waals surface area contributed by atoms with Gasteiger partial charge in [-0.2, -0.15) is 0 Å². The average molecular weight is 291 g/mol. The molecule has 1 saturated carbocycles. The number of benzene rings is 2. The zero-order valence-electron chi connectivity index (χ0n) is 12.7. The molecule has 112 valence electrons. The predicted octanol–water partition coefficient (Wildman–Crippen LogP) is 3.56. The first-order valence-electron chi connectivity index (χ1n) is 8.17. The van der Waals surface area contributed by atoms with E-state index in [1.54, 1.807) is 0 Å². The van der Waals surface area contributed by atoms with Crippen LogP contribution in [-0.4, -0.2) is 23.3 Å². The summed E-state index contributed by atoms with van der Waals surface area (Å²) < 4.78 is 0. The fraction of sp³-hybridized carbons (Fsp3) is 0.350. The lowest BCUT2D eigenvalue weighted by molar-refractivity contribution is -0.122. The molecule has 2 aromatic rings. The number of carbonyl (C=O) groups is 1. The van der Waals surface area contributed by atoms with Gasteiger partial charge in [-0.15, -0.1) is 0 Å². The van der Waals surface area contributed by atoms with Crippen molar-refractivity contribution in [2.75, 3.05) is 6.54 Å². The smallest absolute Gasteiger partial charge is 0.145 e. The number of fused-ring (bicyclic) bond motifs is 1. The quantitative estimate of drug-likeness (QED) is 0.862. The van der Waals surface area contributed by atoms with Crippen LogP contribution in [0.15, 0.2) is 60.7 Å². The van der Waals surface area contributed by atoms with E-state index in [4.69, 9.17) is 0 Å². The molecule has 1 aliphatic carbocycles. The third-order valence-corrected chi connectivity index (χ3v) is 5.46. The van der Waals surface area contributed by atoms with Gasteiger partial charge in [-0.3, -0.25) is 9.69 Å². The molecule has 2 aliphatic rings. The Kier molecular flexibility index (Phi) is 3.34. The predicted molar refractivity (Wildman–Crippen MR) is 87.6 cm³/mol. The Morgan fingerprint density at radius 3 is 2.41 bits per heavy atom. The average Bonchev–Trinajstić information content (AvgIpc) is 3.09. The van der Waals surface area contributed by atoms with Crippen molar-refractivity contribution in [3.05, 3.63) is 71.8 Å². The van der Waals surface area contributed by atoms with Gasteiger partial charge in [0.1, 0.15) is 5.78 Å². The molecular weight excluding hydrogens is 270 g/mol. The van der Waals surface area contributed by atoms with Crippen LogP contribution in [0.1, 0.15) is 30.4 Å². The minimum atomic E-state index is -0.254. The zero-order chi connectivity index (χ0) is 15.0. The van der Waals surface area contributed by atoms with Crippen molar-refractivity contribution in [3.8, 4) is 0 Å². The summed E-state index contributed by atoms with van der Waals surface area (Å²) in [6.07, 6.45) is 2.69. The number of hydrogen-bond acceptors (Lipinski definition) is 2. The lowest BCUT2D eigenvalue weighted by Crippen LogP contribution is -2.41.